The van der Waals surface area contributed by atoms with Crippen molar-refractivity contribution in [1.29, 1.82) is 0 Å². The molecule has 0 spiro atoms. The summed E-state index contributed by atoms with van der Waals surface area (Å²) in [6, 6.07) is 0. The highest BCUT2D eigenvalue weighted by Gasteiger charge is 1.59. The Bertz CT molecular complexity index is 95.8. The van der Waals surface area contributed by atoms with Crippen molar-refractivity contribution in [1.82, 2.24) is 11.0 Å². The maximum absolute atomic E-state index is 3.60. The van der Waals surface area contributed by atoms with Crippen molar-refractivity contribution in [3.8, 4) is 0 Å². The van der Waals surface area contributed by atoms with E-state index in [1.807, 2.05) is 0 Å². The third-order valence-electron chi connectivity index (χ3n) is 0.411. The second kappa shape index (κ2) is 5.75. The number of hydrazine groups is 1. The van der Waals surface area contributed by atoms with Crippen LogP contribution in [0.3, 0.4) is 0 Å². The van der Waals surface area contributed by atoms with E-state index >= 15 is 0 Å². The summed E-state index contributed by atoms with van der Waals surface area (Å²) in [5, 5.41) is 3.60. The molecule has 0 fully saturated rings. The molecule has 0 heterocycles. The van der Waals surface area contributed by atoms with Crippen molar-refractivity contribution in [2.75, 3.05) is 0 Å². The summed E-state index contributed by atoms with van der Waals surface area (Å²) in [5.74, 6) is 0. The fraction of sp³-hybridized carbons (Fsp3) is 0. The Balaban J connectivity index is 3.02. The van der Waals surface area contributed by atoms with Gasteiger partial charge in [-0.2, -0.15) is 5.10 Å². The van der Waals surface area contributed by atoms with Gasteiger partial charge in [0.1, 0.15) is 0 Å². The van der Waals surface area contributed by atoms with Crippen LogP contribution in [-0.4, -0.2) is 6.21 Å². The first-order chi connectivity index (χ1) is 3.91. The summed E-state index contributed by atoms with van der Waals surface area (Å²) in [4.78, 5) is 0. The van der Waals surface area contributed by atoms with Gasteiger partial charge in [0.25, 0.3) is 0 Å². The number of hydrogen-bond donors (Lipinski definition) is 2. The molecule has 0 aromatic heterocycles. The van der Waals surface area contributed by atoms with Crippen LogP contribution in [-0.2, 0) is 0 Å². The van der Waals surface area contributed by atoms with E-state index in [0.717, 1.165) is 0 Å². The van der Waals surface area contributed by atoms with Crippen LogP contribution in [0.1, 0.15) is 0 Å². The number of hydrazone groups is 1. The summed E-state index contributed by atoms with van der Waals surface area (Å²) in [6.45, 7) is 6.80. The maximum atomic E-state index is 3.60. The van der Waals surface area contributed by atoms with E-state index in [1.54, 1.807) is 6.08 Å². The molecule has 0 amide bonds. The molecular formula is C5H9N3. The molecule has 8 heavy (non-hydrogen) atoms. The zero-order chi connectivity index (χ0) is 6.24. The largest absolute Gasteiger partial charge is 0.293 e. The molecule has 0 aliphatic rings. The van der Waals surface area contributed by atoms with Gasteiger partial charge in [0.15, 0.2) is 0 Å². The van der Waals surface area contributed by atoms with E-state index in [4.69, 9.17) is 0 Å². The first-order valence-electron chi connectivity index (χ1n) is 2.17. The van der Waals surface area contributed by atoms with Crippen LogP contribution in [0.5, 0.6) is 0 Å². The minimum absolute atomic E-state index is 1.49. The zero-order valence-electron chi connectivity index (χ0n) is 4.59. The highest BCUT2D eigenvalue weighted by atomic mass is 15.5. The van der Waals surface area contributed by atoms with Gasteiger partial charge in [0.2, 0.25) is 0 Å². The minimum atomic E-state index is 1.49. The smallest absolute Gasteiger partial charge is 0.0482 e. The van der Waals surface area contributed by atoms with Gasteiger partial charge in [-0.15, -0.1) is 0 Å². The summed E-state index contributed by atoms with van der Waals surface area (Å²) < 4.78 is 0. The van der Waals surface area contributed by atoms with Crippen LogP contribution >= 0.6 is 0 Å². The van der Waals surface area contributed by atoms with Gasteiger partial charge in [-0.05, 0) is 6.08 Å². The van der Waals surface area contributed by atoms with E-state index < -0.39 is 0 Å². The van der Waals surface area contributed by atoms with Gasteiger partial charge in [0, 0.05) is 12.4 Å². The molecule has 0 unspecified atom stereocenters. The molecule has 44 valence electrons. The van der Waals surface area contributed by atoms with E-state index in [1.165, 1.54) is 12.4 Å². The standard InChI is InChI=1S/C5H9N3/c1-3-5-7-8-6-4-2/h3-6,8H,1-2H2/b7-5-. The molecule has 3 heteroatoms. The lowest BCUT2D eigenvalue weighted by molar-refractivity contribution is 0.672. The van der Waals surface area contributed by atoms with Crippen molar-refractivity contribution in [2.24, 2.45) is 5.10 Å². The predicted molar refractivity (Wildman–Crippen MR) is 35.2 cm³/mol. The third-order valence-corrected chi connectivity index (χ3v) is 0.411. The van der Waals surface area contributed by atoms with Gasteiger partial charge in [-0.25, -0.2) is 5.53 Å². The Hall–Kier alpha value is -1.25. The van der Waals surface area contributed by atoms with Crippen molar-refractivity contribution >= 4 is 6.21 Å². The quantitative estimate of drug-likeness (QED) is 0.313. The molecule has 0 aromatic rings. The Morgan fingerprint density at radius 2 is 2.12 bits per heavy atom. The van der Waals surface area contributed by atoms with Crippen LogP contribution in [0.25, 0.3) is 0 Å². The van der Waals surface area contributed by atoms with Gasteiger partial charge in [0.05, 0.1) is 0 Å². The molecule has 0 aromatic carbocycles. The average Bonchev–Trinajstić information content (AvgIpc) is 1.81. The lowest BCUT2D eigenvalue weighted by atomic mass is 10.7. The fourth-order valence-electron chi connectivity index (χ4n) is 0.173. The predicted octanol–water partition coefficient (Wildman–Crippen LogP) is 0.396. The third kappa shape index (κ3) is 4.75. The number of nitrogens with one attached hydrogen (secondary N) is 2. The monoisotopic (exact) mass is 111 g/mol. The zero-order valence-corrected chi connectivity index (χ0v) is 4.59. The Kier molecular flexibility index (Phi) is 4.85. The summed E-state index contributed by atoms with van der Waals surface area (Å²) in [5.41, 5.74) is 5.02. The number of rotatable bonds is 4. The molecule has 2 N–H and O–H groups in total. The van der Waals surface area contributed by atoms with Crippen LogP contribution in [0.2, 0.25) is 0 Å². The molecule has 0 radical (unpaired) electrons. The molecule has 0 bridgehead atoms. The lowest BCUT2D eigenvalue weighted by Gasteiger charge is -1.92. The molecule has 3 nitrogen and oxygen atoms in total. The summed E-state index contributed by atoms with van der Waals surface area (Å²) in [7, 11) is 0. The molecule has 0 saturated heterocycles. The number of hydrogen-bond acceptors (Lipinski definition) is 3. The van der Waals surface area contributed by atoms with E-state index in [2.05, 4.69) is 29.2 Å². The minimum Gasteiger partial charge on any atom is -0.293 e. The van der Waals surface area contributed by atoms with Crippen LogP contribution < -0.4 is 11.0 Å². The van der Waals surface area contributed by atoms with Gasteiger partial charge >= 0.3 is 0 Å². The van der Waals surface area contributed by atoms with Crippen LogP contribution in [0.15, 0.2) is 30.5 Å². The first kappa shape index (κ1) is 6.75. The second-order valence-corrected chi connectivity index (χ2v) is 0.974. The topological polar surface area (TPSA) is 36.4 Å². The normalized spacial score (nSPS) is 8.50. The highest BCUT2D eigenvalue weighted by Crippen LogP contribution is 1.52. The first-order valence-corrected chi connectivity index (χ1v) is 2.17. The lowest BCUT2D eigenvalue weighted by Crippen LogP contribution is -2.19. The van der Waals surface area contributed by atoms with Crippen molar-refractivity contribution < 1.29 is 0 Å². The van der Waals surface area contributed by atoms with Crippen molar-refractivity contribution in [3.63, 3.8) is 0 Å². The molecule has 0 atom stereocenters. The summed E-state index contributed by atoms with van der Waals surface area (Å²) in [6.07, 6.45) is 4.58. The van der Waals surface area contributed by atoms with Gasteiger partial charge in [-0.1, -0.05) is 13.2 Å². The molecule has 0 saturated carbocycles. The maximum Gasteiger partial charge on any atom is 0.0482 e. The van der Waals surface area contributed by atoms with E-state index in [9.17, 15) is 0 Å². The van der Waals surface area contributed by atoms with Crippen molar-refractivity contribution in [2.45, 2.75) is 0 Å². The van der Waals surface area contributed by atoms with E-state index in [-0.39, 0.29) is 0 Å². The fourth-order valence-corrected chi connectivity index (χ4v) is 0.173. The SMILES string of the molecule is C=C/C=N\NNC=C. The summed E-state index contributed by atoms with van der Waals surface area (Å²) >= 11 is 0. The highest BCUT2D eigenvalue weighted by molar-refractivity contribution is 5.69. The van der Waals surface area contributed by atoms with Gasteiger partial charge < -0.3 is 0 Å². The Morgan fingerprint density at radius 3 is 2.62 bits per heavy atom. The molecular weight excluding hydrogens is 102 g/mol. The Labute approximate surface area is 48.8 Å². The van der Waals surface area contributed by atoms with Crippen LogP contribution in [0, 0.1) is 0 Å². The second-order valence-electron chi connectivity index (χ2n) is 0.974. The Morgan fingerprint density at radius 1 is 1.38 bits per heavy atom. The molecule has 0 rings (SSSR count). The average molecular weight is 111 g/mol. The van der Waals surface area contributed by atoms with Crippen LogP contribution in [0.4, 0.5) is 0 Å². The molecule has 0 aliphatic carbocycles. The number of allylic oxidation sites excluding steroid dienone is 1. The molecule has 0 aliphatic heterocycles. The van der Waals surface area contributed by atoms with Crippen molar-refractivity contribution in [3.05, 3.63) is 25.4 Å². The van der Waals surface area contributed by atoms with E-state index in [0.29, 0.717) is 0 Å². The number of nitrogens with zero attached hydrogens (tertiary/aromatic N) is 1. The van der Waals surface area contributed by atoms with Gasteiger partial charge in [-0.3, -0.25) is 5.43 Å².